The van der Waals surface area contributed by atoms with Gasteiger partial charge in [-0.3, -0.25) is 40.0 Å². The molecule has 8 N–H and O–H groups in total. The number of benzene rings is 1. The maximum absolute atomic E-state index is 12.9. The Balaban J connectivity index is 0.767. The normalized spacial score (nSPS) is 11.7. The zero-order valence-corrected chi connectivity index (χ0v) is 45.4. The lowest BCUT2D eigenvalue weighted by Crippen LogP contribution is -2.40. The van der Waals surface area contributed by atoms with Crippen molar-refractivity contribution in [1.29, 1.82) is 0 Å². The standard InChI is InChI=1S/C54H78N12O12/c1-40(55)50(41(2)67)44-35-47-51(60-36-44)46(38-66(47)37-45-7-5-6-13-57-45)42-8-10-43(11-9-42)53(69)59-17-19-71-21-23-73-25-27-75-29-31-77-33-34-78-32-30-76-28-26-74-24-22-72-20-18-62-61-16-15-58-54(70)52-64-48(39-65(52)4)63-49(68)12-14-56-3/h5-11,13,35-36,38-39,56,61-62H,12,14-34,37,55H2,1-4H3,(H,58,70)(H,59,69)(H,63,68). The van der Waals surface area contributed by atoms with Gasteiger partial charge in [0.05, 0.1) is 129 Å². The molecule has 0 bridgehead atoms. The van der Waals surface area contributed by atoms with Gasteiger partial charge in [-0.2, -0.15) is 0 Å². The number of aromatic nitrogens is 5. The molecule has 0 atom stereocenters. The predicted molar refractivity (Wildman–Crippen MR) is 294 cm³/mol. The Kier molecular flexibility index (Phi) is 29.2. The van der Waals surface area contributed by atoms with Gasteiger partial charge in [0.15, 0.2) is 11.6 Å². The fraction of sp³-hybridized carbons (Fsp3) is 0.500. The summed E-state index contributed by atoms with van der Waals surface area (Å²) in [5.74, 6) is -0.319. The minimum atomic E-state index is -0.338. The molecule has 0 unspecified atom stereocenters. The highest BCUT2D eigenvalue weighted by atomic mass is 16.6. The molecule has 4 heterocycles. The summed E-state index contributed by atoms with van der Waals surface area (Å²) in [6.07, 6.45) is 7.35. The number of imidazole rings is 1. The number of hydrogen-bond acceptors (Lipinski definition) is 19. The van der Waals surface area contributed by atoms with Crippen LogP contribution in [0.2, 0.25) is 0 Å². The van der Waals surface area contributed by atoms with Crippen LogP contribution in [0.1, 0.15) is 52.5 Å². The fourth-order valence-corrected chi connectivity index (χ4v) is 7.60. The van der Waals surface area contributed by atoms with Crippen molar-refractivity contribution in [3.63, 3.8) is 0 Å². The van der Waals surface area contributed by atoms with Gasteiger partial charge in [0, 0.05) is 98.9 Å². The molecule has 0 spiro atoms. The van der Waals surface area contributed by atoms with E-state index >= 15 is 0 Å². The van der Waals surface area contributed by atoms with Gasteiger partial charge in [-0.05, 0) is 56.8 Å². The Bertz CT molecular complexity index is 2590. The number of aryl methyl sites for hydroxylation is 1. The minimum Gasteiger partial charge on any atom is -0.402 e. The number of anilines is 1. The van der Waals surface area contributed by atoms with E-state index in [1.54, 1.807) is 56.3 Å². The number of fused-ring (bicyclic) bond motifs is 1. The first kappa shape index (κ1) is 62.3. The van der Waals surface area contributed by atoms with Crippen LogP contribution in [0.3, 0.4) is 0 Å². The molecule has 0 saturated carbocycles. The molecule has 24 nitrogen and oxygen atoms in total. The van der Waals surface area contributed by atoms with Crippen molar-refractivity contribution in [3.8, 4) is 11.1 Å². The van der Waals surface area contributed by atoms with Crippen LogP contribution in [0.5, 0.6) is 0 Å². The predicted octanol–water partition coefficient (Wildman–Crippen LogP) is 2.09. The third-order valence-corrected chi connectivity index (χ3v) is 11.4. The Morgan fingerprint density at radius 3 is 1.73 bits per heavy atom. The summed E-state index contributed by atoms with van der Waals surface area (Å²) >= 11 is 0. The molecule has 3 amide bonds. The second-order valence-electron chi connectivity index (χ2n) is 17.5. The van der Waals surface area contributed by atoms with E-state index in [0.717, 1.165) is 27.9 Å². The number of ketones is 1. The number of nitrogens with one attached hydrogen (secondary N) is 6. The first-order chi connectivity index (χ1) is 38.0. The quantitative estimate of drug-likeness (QED) is 0.0167. The molecule has 78 heavy (non-hydrogen) atoms. The number of rotatable bonds is 42. The van der Waals surface area contributed by atoms with Crippen LogP contribution in [0.4, 0.5) is 5.82 Å². The van der Waals surface area contributed by atoms with E-state index in [2.05, 4.69) is 46.7 Å². The molecule has 0 saturated heterocycles. The smallest absolute Gasteiger partial charge is 0.287 e. The molecule has 0 fully saturated rings. The number of ether oxygens (including phenoxy) is 8. The SMILES string of the molecule is CNCCC(=O)Nc1cn(C)c(C(=O)NCCNNCCOCCOCCOCCOCCOCCOCCOCCOCCNC(=O)c2ccc(-c3cn(Cc4ccccn4)c4cc(C(C(C)=O)=C(C)N)cnc34)cc2)n1. The van der Waals surface area contributed by atoms with Crippen LogP contribution < -0.4 is 37.9 Å². The second-order valence-corrected chi connectivity index (χ2v) is 17.5. The molecule has 1 aromatic carbocycles. The molecule has 5 rings (SSSR count). The van der Waals surface area contributed by atoms with Crippen LogP contribution in [-0.4, -0.2) is 193 Å². The number of carbonyl (C=O) groups excluding carboxylic acids is 4. The van der Waals surface area contributed by atoms with Crippen molar-refractivity contribution in [1.82, 2.24) is 50.9 Å². The molecule has 0 aliphatic rings. The number of carbonyl (C=O) groups is 4. The maximum atomic E-state index is 12.9. The van der Waals surface area contributed by atoms with E-state index in [1.165, 1.54) is 6.92 Å². The monoisotopic (exact) mass is 1090 g/mol. The zero-order valence-electron chi connectivity index (χ0n) is 45.4. The number of amides is 3. The Hall–Kier alpha value is -6.55. The van der Waals surface area contributed by atoms with Crippen molar-refractivity contribution >= 4 is 45.9 Å². The molecule has 0 aliphatic heterocycles. The average Bonchev–Trinajstić information content (AvgIpc) is 4.04. The third-order valence-electron chi connectivity index (χ3n) is 11.4. The average molecular weight is 1090 g/mol. The van der Waals surface area contributed by atoms with Crippen molar-refractivity contribution in [2.24, 2.45) is 12.8 Å². The highest BCUT2D eigenvalue weighted by molar-refractivity contribution is 6.20. The van der Waals surface area contributed by atoms with E-state index in [1.807, 2.05) is 42.6 Å². The zero-order chi connectivity index (χ0) is 55.6. The number of hydrogen-bond donors (Lipinski definition) is 7. The van der Waals surface area contributed by atoms with E-state index in [9.17, 15) is 19.2 Å². The molecular weight excluding hydrogens is 1010 g/mol. The lowest BCUT2D eigenvalue weighted by molar-refractivity contribution is -0.116. The van der Waals surface area contributed by atoms with Gasteiger partial charge >= 0.3 is 0 Å². The van der Waals surface area contributed by atoms with Crippen molar-refractivity contribution in [2.75, 3.05) is 151 Å². The number of Topliss-reactive ketones (excluding diaryl/α,β-unsaturated/α-hetero) is 1. The Morgan fingerprint density at radius 1 is 0.615 bits per heavy atom. The molecule has 4 aromatic heterocycles. The van der Waals surface area contributed by atoms with Gasteiger partial charge in [0.25, 0.3) is 11.8 Å². The van der Waals surface area contributed by atoms with Crippen LogP contribution >= 0.6 is 0 Å². The van der Waals surface area contributed by atoms with Gasteiger partial charge in [0.1, 0.15) is 0 Å². The summed E-state index contributed by atoms with van der Waals surface area (Å²) in [6.45, 7) is 13.0. The number of allylic oxidation sites excluding steroid dienone is 2. The Labute approximate surface area is 455 Å². The van der Waals surface area contributed by atoms with Gasteiger partial charge in [-0.1, -0.05) is 18.2 Å². The molecule has 5 aromatic rings. The van der Waals surface area contributed by atoms with Gasteiger partial charge in [-0.25, -0.2) is 4.98 Å². The van der Waals surface area contributed by atoms with Gasteiger partial charge < -0.3 is 74.0 Å². The topological polar surface area (TPSA) is 289 Å². The highest BCUT2D eigenvalue weighted by Gasteiger charge is 2.19. The van der Waals surface area contributed by atoms with Crippen LogP contribution in [0.25, 0.3) is 27.7 Å². The van der Waals surface area contributed by atoms with E-state index in [4.69, 9.17) is 48.6 Å². The summed E-state index contributed by atoms with van der Waals surface area (Å²) in [6, 6.07) is 15.1. The van der Waals surface area contributed by atoms with Gasteiger partial charge in [-0.15, -0.1) is 0 Å². The van der Waals surface area contributed by atoms with Gasteiger partial charge in [0.2, 0.25) is 11.7 Å². The van der Waals surface area contributed by atoms with Crippen molar-refractivity contribution < 1.29 is 57.1 Å². The fourth-order valence-electron chi connectivity index (χ4n) is 7.60. The number of pyridine rings is 2. The van der Waals surface area contributed by atoms with E-state index in [0.29, 0.717) is 180 Å². The van der Waals surface area contributed by atoms with Crippen molar-refractivity contribution in [3.05, 3.63) is 102 Å². The summed E-state index contributed by atoms with van der Waals surface area (Å²) in [5, 5.41) is 11.3. The molecule has 426 valence electrons. The number of hydrazine groups is 1. The summed E-state index contributed by atoms with van der Waals surface area (Å²) in [4.78, 5) is 63.2. The molecule has 0 aliphatic carbocycles. The molecular formula is C54H78N12O12. The third kappa shape index (κ3) is 22.8. The lowest BCUT2D eigenvalue weighted by atomic mass is 10.0. The lowest BCUT2D eigenvalue weighted by Gasteiger charge is -2.09. The first-order valence-electron chi connectivity index (χ1n) is 26.1. The first-order valence-corrected chi connectivity index (χ1v) is 26.1. The molecule has 24 heteroatoms. The van der Waals surface area contributed by atoms with E-state index in [-0.39, 0.29) is 29.3 Å². The van der Waals surface area contributed by atoms with Crippen molar-refractivity contribution in [2.45, 2.75) is 26.8 Å². The van der Waals surface area contributed by atoms with Crippen LogP contribution in [0, 0.1) is 0 Å². The minimum absolute atomic E-state index is 0.134. The van der Waals surface area contributed by atoms with Crippen LogP contribution in [0.15, 0.2) is 79.0 Å². The largest absolute Gasteiger partial charge is 0.402 e. The number of nitrogens with two attached hydrogens (primary N) is 1. The van der Waals surface area contributed by atoms with Crippen LogP contribution in [-0.2, 0) is 61.1 Å². The summed E-state index contributed by atoms with van der Waals surface area (Å²) < 4.78 is 48.1. The second kappa shape index (κ2) is 36.5. The number of nitrogens with zero attached hydrogens (tertiary/aromatic N) is 5. The van der Waals surface area contributed by atoms with E-state index < -0.39 is 0 Å². The highest BCUT2D eigenvalue weighted by Crippen LogP contribution is 2.32. The summed E-state index contributed by atoms with van der Waals surface area (Å²) in [7, 11) is 3.46. The molecule has 0 radical (unpaired) electrons. The Morgan fingerprint density at radius 2 is 1.18 bits per heavy atom. The summed E-state index contributed by atoms with van der Waals surface area (Å²) in [5.41, 5.74) is 18.4. The maximum Gasteiger partial charge on any atom is 0.287 e.